The van der Waals surface area contributed by atoms with Crippen molar-refractivity contribution < 1.29 is 27.8 Å². The van der Waals surface area contributed by atoms with Crippen LogP contribution >= 0.6 is 0 Å². The monoisotopic (exact) mass is 483 g/mol. The highest BCUT2D eigenvalue weighted by molar-refractivity contribution is 6.02. The van der Waals surface area contributed by atoms with Crippen molar-refractivity contribution in [3.63, 3.8) is 0 Å². The van der Waals surface area contributed by atoms with Gasteiger partial charge < -0.3 is 14.0 Å². The van der Waals surface area contributed by atoms with Gasteiger partial charge in [-0.3, -0.25) is 4.79 Å². The van der Waals surface area contributed by atoms with Crippen molar-refractivity contribution in [3.8, 4) is 11.4 Å². The molecule has 1 atom stereocenters. The van der Waals surface area contributed by atoms with E-state index in [1.54, 1.807) is 35.8 Å². The molecule has 0 radical (unpaired) electrons. The smallest absolute Gasteiger partial charge is 0.387 e. The number of ketones is 1. The minimum atomic E-state index is -2.91. The van der Waals surface area contributed by atoms with Gasteiger partial charge in [0.05, 0.1) is 0 Å². The number of hydrogen-bond donors (Lipinski definition) is 0. The van der Waals surface area contributed by atoms with Crippen molar-refractivity contribution in [1.29, 1.82) is 0 Å². The highest BCUT2D eigenvalue weighted by Gasteiger charge is 2.26. The van der Waals surface area contributed by atoms with Crippen LogP contribution in [0.3, 0.4) is 0 Å². The first kappa shape index (κ1) is 24.0. The molecule has 0 bridgehead atoms. The van der Waals surface area contributed by atoms with Crippen LogP contribution in [0.5, 0.6) is 5.75 Å². The lowest BCUT2D eigenvalue weighted by molar-refractivity contribution is -0.0498. The standard InChI is InChI=1S/C24H23F2N5O4/c1-12-10-14(3)31-24(27-12)28-21(29-31)22(33)34-16(5)20(32)19-11-13(2)30(15(19)4)17-6-8-18(9-7-17)35-23(25)26/h6-11,16,23H,1-5H3. The van der Waals surface area contributed by atoms with E-state index in [0.29, 0.717) is 16.9 Å². The van der Waals surface area contributed by atoms with Crippen LogP contribution in [0.2, 0.25) is 0 Å². The van der Waals surface area contributed by atoms with Crippen molar-refractivity contribution >= 4 is 17.5 Å². The van der Waals surface area contributed by atoms with E-state index >= 15 is 0 Å². The van der Waals surface area contributed by atoms with Crippen molar-refractivity contribution in [2.45, 2.75) is 47.3 Å². The molecule has 0 aliphatic heterocycles. The maximum atomic E-state index is 13.1. The summed E-state index contributed by atoms with van der Waals surface area (Å²) in [6, 6.07) is 9.56. The Balaban J connectivity index is 1.53. The third kappa shape index (κ3) is 4.75. The van der Waals surface area contributed by atoms with Gasteiger partial charge in [0.15, 0.2) is 6.10 Å². The van der Waals surface area contributed by atoms with Gasteiger partial charge >= 0.3 is 12.6 Å². The van der Waals surface area contributed by atoms with E-state index in [4.69, 9.17) is 4.74 Å². The van der Waals surface area contributed by atoms with Gasteiger partial charge in [-0.2, -0.15) is 13.8 Å². The average molecular weight is 483 g/mol. The molecule has 9 nitrogen and oxygen atoms in total. The van der Waals surface area contributed by atoms with Crippen molar-refractivity contribution in [3.05, 3.63) is 70.6 Å². The molecule has 0 spiro atoms. The zero-order valence-corrected chi connectivity index (χ0v) is 19.7. The lowest BCUT2D eigenvalue weighted by Crippen LogP contribution is -2.25. The molecule has 0 fully saturated rings. The first-order valence-corrected chi connectivity index (χ1v) is 10.8. The Hall–Kier alpha value is -4.15. The zero-order chi connectivity index (χ0) is 25.4. The maximum absolute atomic E-state index is 13.1. The highest BCUT2D eigenvalue weighted by atomic mass is 19.3. The van der Waals surface area contributed by atoms with E-state index in [1.807, 2.05) is 20.8 Å². The molecular weight excluding hydrogens is 460 g/mol. The number of carbonyl (C=O) groups is 2. The molecule has 0 aliphatic carbocycles. The summed E-state index contributed by atoms with van der Waals surface area (Å²) in [5.74, 6) is -1.13. The van der Waals surface area contributed by atoms with E-state index in [1.165, 1.54) is 23.6 Å². The Morgan fingerprint density at radius 3 is 2.31 bits per heavy atom. The lowest BCUT2D eigenvalue weighted by atomic mass is 10.1. The topological polar surface area (TPSA) is 101 Å². The van der Waals surface area contributed by atoms with Gasteiger partial charge in [0.25, 0.3) is 11.6 Å². The molecule has 4 aromatic rings. The summed E-state index contributed by atoms with van der Waals surface area (Å²) in [5, 5.41) is 4.13. The number of alkyl halides is 2. The molecular formula is C24H23F2N5O4. The summed E-state index contributed by atoms with van der Waals surface area (Å²) >= 11 is 0. The summed E-state index contributed by atoms with van der Waals surface area (Å²) in [6.07, 6.45) is -1.10. The maximum Gasteiger partial charge on any atom is 0.387 e. The Labute approximate surface area is 199 Å². The molecule has 182 valence electrons. The fourth-order valence-corrected chi connectivity index (χ4v) is 3.92. The lowest BCUT2D eigenvalue weighted by Gasteiger charge is -2.13. The highest BCUT2D eigenvalue weighted by Crippen LogP contribution is 2.25. The first-order chi connectivity index (χ1) is 16.5. The van der Waals surface area contributed by atoms with Crippen LogP contribution in [0, 0.1) is 27.7 Å². The molecule has 11 heteroatoms. The minimum Gasteiger partial charge on any atom is -0.448 e. The van der Waals surface area contributed by atoms with Crippen LogP contribution in [-0.4, -0.2) is 48.6 Å². The van der Waals surface area contributed by atoms with Crippen LogP contribution in [0.1, 0.15) is 50.7 Å². The molecule has 3 heterocycles. The van der Waals surface area contributed by atoms with Gasteiger partial charge in [-0.15, -0.1) is 5.10 Å². The van der Waals surface area contributed by atoms with Crippen LogP contribution < -0.4 is 4.74 Å². The number of fused-ring (bicyclic) bond motifs is 1. The van der Waals surface area contributed by atoms with Crippen LogP contribution in [0.4, 0.5) is 8.78 Å². The molecule has 0 aliphatic rings. The van der Waals surface area contributed by atoms with Crippen LogP contribution in [0.25, 0.3) is 11.5 Å². The number of aryl methyl sites for hydroxylation is 3. The fraction of sp³-hybridized carbons (Fsp3) is 0.292. The Morgan fingerprint density at radius 1 is 0.971 bits per heavy atom. The number of rotatable bonds is 7. The minimum absolute atomic E-state index is 0.0316. The third-order valence-electron chi connectivity index (χ3n) is 5.47. The fourth-order valence-electron chi connectivity index (χ4n) is 3.92. The number of aromatic nitrogens is 5. The van der Waals surface area contributed by atoms with Crippen LogP contribution in [-0.2, 0) is 4.74 Å². The summed E-state index contributed by atoms with van der Waals surface area (Å²) in [4.78, 5) is 34.1. The predicted molar refractivity (Wildman–Crippen MR) is 121 cm³/mol. The molecule has 4 rings (SSSR count). The van der Waals surface area contributed by atoms with Gasteiger partial charge in [0.1, 0.15) is 5.75 Å². The van der Waals surface area contributed by atoms with Gasteiger partial charge in [-0.05, 0) is 71.0 Å². The number of carbonyl (C=O) groups excluding carboxylic acids is 2. The second kappa shape index (κ2) is 9.24. The molecule has 1 unspecified atom stereocenters. The summed E-state index contributed by atoms with van der Waals surface area (Å²) in [7, 11) is 0. The molecule has 0 N–H and O–H groups in total. The van der Waals surface area contributed by atoms with E-state index in [0.717, 1.165) is 17.1 Å². The molecule has 0 saturated heterocycles. The number of ether oxygens (including phenoxy) is 2. The average Bonchev–Trinajstić information content (AvgIpc) is 3.34. The number of benzene rings is 1. The number of esters is 1. The van der Waals surface area contributed by atoms with Crippen molar-refractivity contribution in [2.24, 2.45) is 0 Å². The molecule has 3 aromatic heterocycles. The largest absolute Gasteiger partial charge is 0.448 e. The second-order valence-electron chi connectivity index (χ2n) is 8.09. The summed E-state index contributed by atoms with van der Waals surface area (Å²) < 4.78 is 37.8. The SMILES string of the molecule is Cc1cc(C)n2nc(C(=O)OC(C)C(=O)c3cc(C)n(-c4ccc(OC(F)F)cc4)c3C)nc2n1. The normalized spacial score (nSPS) is 12.2. The summed E-state index contributed by atoms with van der Waals surface area (Å²) in [5.41, 5.74) is 3.87. The van der Waals surface area contributed by atoms with Crippen LogP contribution in [0.15, 0.2) is 36.4 Å². The van der Waals surface area contributed by atoms with Gasteiger partial charge in [0.2, 0.25) is 5.78 Å². The summed E-state index contributed by atoms with van der Waals surface area (Å²) in [6.45, 7) is 5.74. The molecule has 0 saturated carbocycles. The van der Waals surface area contributed by atoms with Crippen molar-refractivity contribution in [1.82, 2.24) is 24.1 Å². The number of halogens is 2. The Bertz CT molecular complexity index is 1430. The Kier molecular flexibility index (Phi) is 6.33. The van der Waals surface area contributed by atoms with Gasteiger partial charge in [-0.25, -0.2) is 14.3 Å². The van der Waals surface area contributed by atoms with E-state index in [2.05, 4.69) is 19.8 Å². The number of nitrogens with zero attached hydrogens (tertiary/aromatic N) is 5. The van der Waals surface area contributed by atoms with Gasteiger partial charge in [0, 0.05) is 34.0 Å². The van der Waals surface area contributed by atoms with E-state index < -0.39 is 24.5 Å². The number of hydrogen-bond acceptors (Lipinski definition) is 7. The van der Waals surface area contributed by atoms with Crippen molar-refractivity contribution in [2.75, 3.05) is 0 Å². The molecule has 35 heavy (non-hydrogen) atoms. The number of Topliss-reactive ketones (excluding diaryl/α,β-unsaturated/α-hetero) is 1. The molecule has 0 amide bonds. The first-order valence-electron chi connectivity index (χ1n) is 10.8. The van der Waals surface area contributed by atoms with Gasteiger partial charge in [-0.1, -0.05) is 0 Å². The Morgan fingerprint density at radius 2 is 1.66 bits per heavy atom. The quantitative estimate of drug-likeness (QED) is 0.287. The predicted octanol–water partition coefficient (Wildman–Crippen LogP) is 4.18. The zero-order valence-electron chi connectivity index (χ0n) is 19.7. The van der Waals surface area contributed by atoms with E-state index in [-0.39, 0.29) is 17.4 Å². The second-order valence-corrected chi connectivity index (χ2v) is 8.09. The molecule has 1 aromatic carbocycles. The third-order valence-corrected chi connectivity index (χ3v) is 5.47. The van der Waals surface area contributed by atoms with E-state index in [9.17, 15) is 18.4 Å².